The van der Waals surface area contributed by atoms with Crippen LogP contribution in [0.25, 0.3) is 11.4 Å². The number of nitrogens with two attached hydrogens (primary N) is 1. The minimum absolute atomic E-state index is 0.297. The Labute approximate surface area is 113 Å². The van der Waals surface area contributed by atoms with E-state index in [1.807, 2.05) is 29.8 Å². The lowest BCUT2D eigenvalue weighted by Crippen LogP contribution is -2.17. The third kappa shape index (κ3) is 2.59. The van der Waals surface area contributed by atoms with Crippen molar-refractivity contribution in [2.24, 2.45) is 5.92 Å². The highest BCUT2D eigenvalue weighted by Crippen LogP contribution is 2.28. The first kappa shape index (κ1) is 13.5. The molecule has 2 N–H and O–H groups in total. The Morgan fingerprint density at radius 1 is 1.32 bits per heavy atom. The van der Waals surface area contributed by atoms with Gasteiger partial charge in [-0.15, -0.1) is 5.10 Å². The maximum Gasteiger partial charge on any atom is 0.182 e. The molecule has 1 heterocycles. The molecule has 5 heteroatoms. The number of tetrazole rings is 1. The van der Waals surface area contributed by atoms with Gasteiger partial charge in [-0.25, -0.2) is 4.68 Å². The number of anilines is 1. The number of benzene rings is 1. The molecule has 0 fully saturated rings. The number of aryl methyl sites for hydroxylation is 1. The van der Waals surface area contributed by atoms with Gasteiger partial charge in [-0.3, -0.25) is 0 Å². The van der Waals surface area contributed by atoms with E-state index >= 15 is 0 Å². The molecule has 0 saturated heterocycles. The van der Waals surface area contributed by atoms with Gasteiger partial charge < -0.3 is 5.73 Å². The zero-order chi connectivity index (χ0) is 14.0. The molecule has 1 aromatic heterocycles. The van der Waals surface area contributed by atoms with Crippen LogP contribution in [0.1, 0.15) is 38.8 Å². The Kier molecular flexibility index (Phi) is 3.83. The van der Waals surface area contributed by atoms with Crippen LogP contribution in [-0.2, 0) is 0 Å². The molecule has 1 aromatic carbocycles. The molecule has 5 nitrogen and oxygen atoms in total. The third-order valence-electron chi connectivity index (χ3n) is 3.50. The Hall–Kier alpha value is -1.91. The Morgan fingerprint density at radius 2 is 2.05 bits per heavy atom. The van der Waals surface area contributed by atoms with Crippen molar-refractivity contribution in [3.63, 3.8) is 0 Å². The van der Waals surface area contributed by atoms with Gasteiger partial charge in [0.2, 0.25) is 0 Å². The second-order valence-corrected chi connectivity index (χ2v) is 5.24. The quantitative estimate of drug-likeness (QED) is 0.857. The van der Waals surface area contributed by atoms with E-state index in [9.17, 15) is 0 Å². The molecule has 0 spiro atoms. The van der Waals surface area contributed by atoms with Crippen LogP contribution in [0.5, 0.6) is 0 Å². The van der Waals surface area contributed by atoms with Gasteiger partial charge in [0.1, 0.15) is 0 Å². The SMILES string of the molecule is CCC(C(C)C)n1nnnc1-c1cc(N)ccc1C. The van der Waals surface area contributed by atoms with E-state index in [2.05, 4.69) is 36.3 Å². The summed E-state index contributed by atoms with van der Waals surface area (Å²) in [4.78, 5) is 0. The minimum Gasteiger partial charge on any atom is -0.399 e. The maximum atomic E-state index is 5.87. The van der Waals surface area contributed by atoms with Crippen molar-refractivity contribution in [2.45, 2.75) is 40.2 Å². The summed E-state index contributed by atoms with van der Waals surface area (Å²) >= 11 is 0. The fourth-order valence-corrected chi connectivity index (χ4v) is 2.40. The topological polar surface area (TPSA) is 69.6 Å². The zero-order valence-corrected chi connectivity index (χ0v) is 12.0. The molecule has 2 aromatic rings. The van der Waals surface area contributed by atoms with Crippen molar-refractivity contribution in [2.75, 3.05) is 5.73 Å². The van der Waals surface area contributed by atoms with Crippen molar-refractivity contribution >= 4 is 5.69 Å². The average Bonchev–Trinajstić information content (AvgIpc) is 2.81. The monoisotopic (exact) mass is 259 g/mol. The van der Waals surface area contributed by atoms with Crippen LogP contribution in [0.15, 0.2) is 18.2 Å². The van der Waals surface area contributed by atoms with Gasteiger partial charge in [0.15, 0.2) is 5.82 Å². The maximum absolute atomic E-state index is 5.87. The van der Waals surface area contributed by atoms with Gasteiger partial charge in [-0.05, 0) is 47.4 Å². The summed E-state index contributed by atoms with van der Waals surface area (Å²) in [7, 11) is 0. The molecule has 0 radical (unpaired) electrons. The van der Waals surface area contributed by atoms with E-state index in [0.29, 0.717) is 12.0 Å². The van der Waals surface area contributed by atoms with E-state index in [1.54, 1.807) is 0 Å². The molecule has 2 rings (SSSR count). The van der Waals surface area contributed by atoms with Crippen LogP contribution in [0.2, 0.25) is 0 Å². The number of hydrogen-bond acceptors (Lipinski definition) is 4. The normalized spacial score (nSPS) is 12.9. The number of rotatable bonds is 4. The average molecular weight is 259 g/mol. The van der Waals surface area contributed by atoms with Crippen molar-refractivity contribution in [3.8, 4) is 11.4 Å². The van der Waals surface area contributed by atoms with Crippen molar-refractivity contribution in [1.29, 1.82) is 0 Å². The molecule has 19 heavy (non-hydrogen) atoms. The third-order valence-corrected chi connectivity index (χ3v) is 3.50. The van der Waals surface area contributed by atoms with Gasteiger partial charge in [0, 0.05) is 11.3 Å². The molecule has 102 valence electrons. The van der Waals surface area contributed by atoms with Crippen LogP contribution in [0, 0.1) is 12.8 Å². The predicted octanol–water partition coefficient (Wildman–Crippen LogP) is 2.84. The zero-order valence-electron chi connectivity index (χ0n) is 12.0. The summed E-state index contributed by atoms with van der Waals surface area (Å²) in [6.07, 6.45) is 0.997. The fourth-order valence-electron chi connectivity index (χ4n) is 2.40. The van der Waals surface area contributed by atoms with Crippen molar-refractivity contribution < 1.29 is 0 Å². The van der Waals surface area contributed by atoms with Crippen molar-refractivity contribution in [1.82, 2.24) is 20.2 Å². The highest BCUT2D eigenvalue weighted by atomic mass is 15.5. The predicted molar refractivity (Wildman–Crippen MR) is 76.6 cm³/mol. The van der Waals surface area contributed by atoms with Crippen LogP contribution in [-0.4, -0.2) is 20.2 Å². The highest BCUT2D eigenvalue weighted by molar-refractivity contribution is 5.65. The van der Waals surface area contributed by atoms with E-state index in [1.165, 1.54) is 0 Å². The van der Waals surface area contributed by atoms with Crippen molar-refractivity contribution in [3.05, 3.63) is 23.8 Å². The second kappa shape index (κ2) is 5.38. The molecular weight excluding hydrogens is 238 g/mol. The lowest BCUT2D eigenvalue weighted by molar-refractivity contribution is 0.333. The molecular formula is C14H21N5. The van der Waals surface area contributed by atoms with Crippen LogP contribution >= 0.6 is 0 Å². The molecule has 0 bridgehead atoms. The second-order valence-electron chi connectivity index (χ2n) is 5.24. The summed E-state index contributed by atoms with van der Waals surface area (Å²) in [6, 6.07) is 6.13. The first-order chi connectivity index (χ1) is 9.04. The van der Waals surface area contributed by atoms with Gasteiger partial charge in [-0.1, -0.05) is 26.8 Å². The summed E-state index contributed by atoms with van der Waals surface area (Å²) < 4.78 is 1.92. The first-order valence-corrected chi connectivity index (χ1v) is 6.69. The summed E-state index contributed by atoms with van der Waals surface area (Å²) in [6.45, 7) is 8.57. The van der Waals surface area contributed by atoms with E-state index in [-0.39, 0.29) is 0 Å². The Balaban J connectivity index is 2.52. The summed E-state index contributed by atoms with van der Waals surface area (Å²) in [5.74, 6) is 1.28. The lowest BCUT2D eigenvalue weighted by Gasteiger charge is -2.20. The molecule has 0 aliphatic rings. The molecule has 0 amide bonds. The number of nitrogens with zero attached hydrogens (tertiary/aromatic N) is 4. The molecule has 0 saturated carbocycles. The minimum atomic E-state index is 0.297. The van der Waals surface area contributed by atoms with Crippen LogP contribution in [0.4, 0.5) is 5.69 Å². The fraction of sp³-hybridized carbons (Fsp3) is 0.500. The van der Waals surface area contributed by atoms with Gasteiger partial charge in [0.25, 0.3) is 0 Å². The van der Waals surface area contributed by atoms with Crippen LogP contribution in [0.3, 0.4) is 0 Å². The van der Waals surface area contributed by atoms with Gasteiger partial charge in [0.05, 0.1) is 6.04 Å². The summed E-state index contributed by atoms with van der Waals surface area (Å²) in [5, 5.41) is 12.2. The standard InChI is InChI=1S/C14H21N5/c1-5-13(9(2)3)19-14(16-17-18-19)12-8-11(15)7-6-10(12)4/h6-9,13H,5,15H2,1-4H3. The van der Waals surface area contributed by atoms with E-state index in [0.717, 1.165) is 29.1 Å². The molecule has 1 unspecified atom stereocenters. The van der Waals surface area contributed by atoms with E-state index in [4.69, 9.17) is 5.73 Å². The summed E-state index contributed by atoms with van der Waals surface area (Å²) in [5.41, 5.74) is 8.74. The highest BCUT2D eigenvalue weighted by Gasteiger charge is 2.20. The molecule has 0 aliphatic carbocycles. The van der Waals surface area contributed by atoms with Gasteiger partial charge >= 0.3 is 0 Å². The molecule has 1 atom stereocenters. The van der Waals surface area contributed by atoms with E-state index < -0.39 is 0 Å². The number of hydrogen-bond donors (Lipinski definition) is 1. The Morgan fingerprint density at radius 3 is 2.68 bits per heavy atom. The first-order valence-electron chi connectivity index (χ1n) is 6.69. The van der Waals surface area contributed by atoms with Crippen LogP contribution < -0.4 is 5.73 Å². The van der Waals surface area contributed by atoms with Gasteiger partial charge in [-0.2, -0.15) is 0 Å². The Bertz CT molecular complexity index is 559. The number of nitrogen functional groups attached to an aromatic ring is 1. The number of aromatic nitrogens is 4. The lowest BCUT2D eigenvalue weighted by atomic mass is 10.0. The largest absolute Gasteiger partial charge is 0.399 e. The molecule has 0 aliphatic heterocycles. The smallest absolute Gasteiger partial charge is 0.182 e.